The van der Waals surface area contributed by atoms with E-state index >= 15 is 0 Å². The Morgan fingerprint density at radius 2 is 2.40 bits per heavy atom. The Bertz CT molecular complexity index is 33.9. The minimum Gasteiger partial charge on any atom is -0.515 e. The standard InChI is InChI=1S/C3H6OS/c1-5-3-2-4/h2-4H,1H3/b3-2+. The van der Waals surface area contributed by atoms with Crippen molar-refractivity contribution < 1.29 is 5.11 Å². The molecule has 0 unspecified atom stereocenters. The molecule has 0 bridgehead atoms. The van der Waals surface area contributed by atoms with Gasteiger partial charge in [0.05, 0.1) is 6.26 Å². The van der Waals surface area contributed by atoms with Crippen LogP contribution in [0.2, 0.25) is 0 Å². The summed E-state index contributed by atoms with van der Waals surface area (Å²) < 4.78 is 0. The van der Waals surface area contributed by atoms with Crippen molar-refractivity contribution in [3.8, 4) is 0 Å². The zero-order valence-electron chi connectivity index (χ0n) is 3.01. The fourth-order valence-corrected chi connectivity index (χ4v) is 0.183. The second-order valence-electron chi connectivity index (χ2n) is 0.521. The first kappa shape index (κ1) is 4.89. The number of hydrogen-bond acceptors (Lipinski definition) is 2. The first-order valence-electron chi connectivity index (χ1n) is 1.24. The predicted molar refractivity (Wildman–Crippen MR) is 25.3 cm³/mol. The van der Waals surface area contributed by atoms with Gasteiger partial charge >= 0.3 is 0 Å². The van der Waals surface area contributed by atoms with Crippen LogP contribution in [0.15, 0.2) is 11.7 Å². The van der Waals surface area contributed by atoms with Gasteiger partial charge in [0.15, 0.2) is 0 Å². The average molecular weight is 90.1 g/mol. The van der Waals surface area contributed by atoms with Crippen LogP contribution >= 0.6 is 11.8 Å². The van der Waals surface area contributed by atoms with Gasteiger partial charge < -0.3 is 5.11 Å². The van der Waals surface area contributed by atoms with Crippen LogP contribution in [0.1, 0.15) is 0 Å². The van der Waals surface area contributed by atoms with Gasteiger partial charge in [-0.1, -0.05) is 0 Å². The second-order valence-corrected chi connectivity index (χ2v) is 1.26. The van der Waals surface area contributed by atoms with Crippen LogP contribution in [0, 0.1) is 0 Å². The molecule has 0 aliphatic heterocycles. The topological polar surface area (TPSA) is 20.2 Å². The number of hydrogen-bond donors (Lipinski definition) is 1. The van der Waals surface area contributed by atoms with Crippen molar-refractivity contribution in [2.75, 3.05) is 6.26 Å². The molecule has 0 spiro atoms. The Kier molecular flexibility index (Phi) is 3.80. The molecule has 0 heterocycles. The lowest BCUT2D eigenvalue weighted by Crippen LogP contribution is -1.41. The summed E-state index contributed by atoms with van der Waals surface area (Å²) in [5.74, 6) is 0. The van der Waals surface area contributed by atoms with Crippen LogP contribution in [0.5, 0.6) is 0 Å². The maximum Gasteiger partial charge on any atom is 0.0854 e. The Balaban J connectivity index is 2.62. The molecule has 0 radical (unpaired) electrons. The summed E-state index contributed by atoms with van der Waals surface area (Å²) in [5.41, 5.74) is 0. The molecule has 0 rings (SSSR count). The lowest BCUT2D eigenvalue weighted by Gasteiger charge is -1.66. The molecular formula is C3H6OS. The molecule has 0 aromatic carbocycles. The van der Waals surface area contributed by atoms with Crippen LogP contribution in [0.4, 0.5) is 0 Å². The van der Waals surface area contributed by atoms with Crippen molar-refractivity contribution in [3.63, 3.8) is 0 Å². The Labute approximate surface area is 35.7 Å². The molecule has 1 N–H and O–H groups in total. The molecule has 1 nitrogen and oxygen atoms in total. The first-order valence-corrected chi connectivity index (χ1v) is 2.52. The summed E-state index contributed by atoms with van der Waals surface area (Å²) in [6.45, 7) is 0. The van der Waals surface area contributed by atoms with Gasteiger partial charge in [0.25, 0.3) is 0 Å². The highest BCUT2D eigenvalue weighted by Crippen LogP contribution is 1.88. The van der Waals surface area contributed by atoms with Gasteiger partial charge in [0, 0.05) is 5.41 Å². The third kappa shape index (κ3) is 3.89. The zero-order valence-corrected chi connectivity index (χ0v) is 3.83. The van der Waals surface area contributed by atoms with E-state index in [1.165, 1.54) is 11.8 Å². The lowest BCUT2D eigenvalue weighted by atomic mass is 11.2. The summed E-state index contributed by atoms with van der Waals surface area (Å²) in [6.07, 6.45) is 2.90. The van der Waals surface area contributed by atoms with Gasteiger partial charge in [-0.25, -0.2) is 0 Å². The van der Waals surface area contributed by atoms with E-state index in [0.29, 0.717) is 0 Å². The fraction of sp³-hybridized carbons (Fsp3) is 0.333. The molecule has 0 saturated carbocycles. The number of rotatable bonds is 1. The molecule has 0 saturated heterocycles. The number of aliphatic hydroxyl groups is 1. The molecule has 0 aliphatic carbocycles. The van der Waals surface area contributed by atoms with Crippen LogP contribution in [-0.2, 0) is 0 Å². The van der Waals surface area contributed by atoms with Gasteiger partial charge in [-0.2, -0.15) is 0 Å². The molecule has 0 aromatic heterocycles. The van der Waals surface area contributed by atoms with Gasteiger partial charge in [0.1, 0.15) is 0 Å². The van der Waals surface area contributed by atoms with Crippen LogP contribution in [-0.4, -0.2) is 11.4 Å². The van der Waals surface area contributed by atoms with E-state index in [4.69, 9.17) is 5.11 Å². The Morgan fingerprint density at radius 1 is 1.80 bits per heavy atom. The molecule has 0 aliphatic rings. The van der Waals surface area contributed by atoms with Crippen LogP contribution in [0.25, 0.3) is 0 Å². The molecule has 0 aromatic rings. The van der Waals surface area contributed by atoms with Crippen molar-refractivity contribution >= 4 is 11.8 Å². The highest BCUT2D eigenvalue weighted by atomic mass is 32.2. The first-order chi connectivity index (χ1) is 2.41. The Hall–Kier alpha value is -0.110. The molecule has 0 atom stereocenters. The average Bonchev–Trinajstić information content (AvgIpc) is 1.41. The van der Waals surface area contributed by atoms with E-state index in [9.17, 15) is 0 Å². The predicted octanol–water partition coefficient (Wildman–Crippen LogP) is 1.38. The summed E-state index contributed by atoms with van der Waals surface area (Å²) in [4.78, 5) is 0. The number of thioether (sulfide) groups is 1. The van der Waals surface area contributed by atoms with E-state index in [1.807, 2.05) is 6.26 Å². The largest absolute Gasteiger partial charge is 0.515 e. The molecule has 5 heavy (non-hydrogen) atoms. The van der Waals surface area contributed by atoms with E-state index in [0.717, 1.165) is 6.26 Å². The normalized spacial score (nSPS) is 9.80. The second kappa shape index (κ2) is 3.89. The quantitative estimate of drug-likeness (QED) is 0.491. The third-order valence-corrected chi connectivity index (χ3v) is 0.591. The summed E-state index contributed by atoms with van der Waals surface area (Å²) in [7, 11) is 0. The maximum atomic E-state index is 7.86. The minimum absolute atomic E-state index is 1.02. The maximum absolute atomic E-state index is 7.86. The Morgan fingerprint density at radius 3 is 2.40 bits per heavy atom. The van der Waals surface area contributed by atoms with Crippen molar-refractivity contribution in [2.45, 2.75) is 0 Å². The van der Waals surface area contributed by atoms with Gasteiger partial charge in [-0.3, -0.25) is 0 Å². The van der Waals surface area contributed by atoms with E-state index in [-0.39, 0.29) is 0 Å². The van der Waals surface area contributed by atoms with Crippen molar-refractivity contribution in [1.29, 1.82) is 0 Å². The molecule has 30 valence electrons. The highest BCUT2D eigenvalue weighted by Gasteiger charge is 1.53. The number of aliphatic hydroxyl groups excluding tert-OH is 1. The van der Waals surface area contributed by atoms with Gasteiger partial charge in [-0.05, 0) is 6.26 Å². The summed E-state index contributed by atoms with van der Waals surface area (Å²) in [6, 6.07) is 0. The van der Waals surface area contributed by atoms with Crippen LogP contribution in [0.3, 0.4) is 0 Å². The lowest BCUT2D eigenvalue weighted by molar-refractivity contribution is 0.475. The SMILES string of the molecule is CS/C=C/O. The monoisotopic (exact) mass is 90.0 g/mol. The van der Waals surface area contributed by atoms with E-state index in [2.05, 4.69) is 0 Å². The third-order valence-electron chi connectivity index (χ3n) is 0.197. The fourth-order valence-electron chi connectivity index (χ4n) is 0.0609. The smallest absolute Gasteiger partial charge is 0.0854 e. The molecular weight excluding hydrogens is 84.1 g/mol. The van der Waals surface area contributed by atoms with Crippen molar-refractivity contribution in [3.05, 3.63) is 11.7 Å². The van der Waals surface area contributed by atoms with Gasteiger partial charge in [0.2, 0.25) is 0 Å². The van der Waals surface area contributed by atoms with Crippen molar-refractivity contribution in [2.24, 2.45) is 0 Å². The molecule has 2 heteroatoms. The van der Waals surface area contributed by atoms with Crippen molar-refractivity contribution in [1.82, 2.24) is 0 Å². The highest BCUT2D eigenvalue weighted by molar-refractivity contribution is 8.01. The minimum atomic E-state index is 1.02. The summed E-state index contributed by atoms with van der Waals surface area (Å²) in [5, 5.41) is 9.46. The zero-order chi connectivity index (χ0) is 4.12. The molecule has 0 amide bonds. The van der Waals surface area contributed by atoms with E-state index < -0.39 is 0 Å². The van der Waals surface area contributed by atoms with E-state index in [1.54, 1.807) is 5.41 Å². The van der Waals surface area contributed by atoms with Gasteiger partial charge in [-0.15, -0.1) is 11.8 Å². The summed E-state index contributed by atoms with van der Waals surface area (Å²) >= 11 is 1.47. The van der Waals surface area contributed by atoms with Crippen LogP contribution < -0.4 is 0 Å². The molecule has 0 fully saturated rings.